The van der Waals surface area contributed by atoms with E-state index in [0.29, 0.717) is 21.8 Å². The van der Waals surface area contributed by atoms with Gasteiger partial charge in [-0.3, -0.25) is 10.6 Å². The van der Waals surface area contributed by atoms with Gasteiger partial charge in [0.15, 0.2) is 12.4 Å². The zero-order valence-corrected chi connectivity index (χ0v) is 7.46. The van der Waals surface area contributed by atoms with E-state index in [1.54, 1.807) is 24.5 Å². The van der Waals surface area contributed by atoms with Crippen LogP contribution in [0.2, 0.25) is 0 Å². The molecule has 0 atom stereocenters. The van der Waals surface area contributed by atoms with Crippen LogP contribution in [0.15, 0.2) is 12.1 Å². The van der Waals surface area contributed by atoms with Gasteiger partial charge in [0.25, 0.3) is 0 Å². The number of nitrogens with zero attached hydrogens (tertiary/aromatic N) is 2. The Morgan fingerprint density at radius 1 is 0.929 bits per heavy atom. The Balaban J connectivity index is 3.28. The molecule has 1 rings (SSSR count). The molecule has 0 radical (unpaired) electrons. The van der Waals surface area contributed by atoms with E-state index < -0.39 is 0 Å². The highest BCUT2D eigenvalue weighted by molar-refractivity contribution is 5.59. The smallest absolute Gasteiger partial charge is 0.181 e. The van der Waals surface area contributed by atoms with Crippen molar-refractivity contribution in [3.63, 3.8) is 0 Å². The second kappa shape index (κ2) is 3.97. The second-order valence-electron chi connectivity index (χ2n) is 2.64. The minimum Gasteiger partial charge on any atom is -0.292 e. The zero-order valence-electron chi connectivity index (χ0n) is 7.46. The molecule has 1 aromatic rings. The second-order valence-corrected chi connectivity index (χ2v) is 2.64. The zero-order chi connectivity index (χ0) is 10.6. The van der Waals surface area contributed by atoms with Crippen molar-refractivity contribution in [2.24, 2.45) is 0 Å². The number of benzene rings is 1. The van der Waals surface area contributed by atoms with Crippen LogP contribution >= 0.6 is 0 Å². The van der Waals surface area contributed by atoms with Crippen LogP contribution in [0.5, 0.6) is 0 Å². The minimum absolute atomic E-state index is 0.598. The molecule has 0 saturated heterocycles. The highest BCUT2D eigenvalue weighted by atomic mass is 14.9. The predicted molar refractivity (Wildman–Crippen MR) is 55.2 cm³/mol. The van der Waals surface area contributed by atoms with Gasteiger partial charge in [-0.25, -0.2) is 0 Å². The third-order valence-electron chi connectivity index (χ3n) is 1.71. The molecule has 68 valence electrons. The molecule has 0 amide bonds. The Morgan fingerprint density at radius 2 is 1.29 bits per heavy atom. The highest BCUT2D eigenvalue weighted by Crippen LogP contribution is 1.99. The van der Waals surface area contributed by atoms with E-state index in [1.807, 2.05) is 0 Å². The largest absolute Gasteiger partial charge is 0.292 e. The molecule has 0 aliphatic rings. The average Bonchev–Trinajstić information content (AvgIpc) is 2.14. The van der Waals surface area contributed by atoms with Crippen LogP contribution in [0.4, 0.5) is 11.4 Å². The molecule has 4 heteroatoms. The van der Waals surface area contributed by atoms with Gasteiger partial charge < -0.3 is 0 Å². The highest BCUT2D eigenvalue weighted by Gasteiger charge is 1.97. The fourth-order valence-electron chi connectivity index (χ4n) is 1.04. The number of hydrogen-bond acceptors (Lipinski definition) is 4. The fraction of sp³-hybridized carbons (Fsp3) is 0. The van der Waals surface area contributed by atoms with Crippen molar-refractivity contribution in [2.75, 3.05) is 10.6 Å². The molecule has 0 aromatic heterocycles. The normalized spacial score (nSPS) is 8.43. The van der Waals surface area contributed by atoms with Gasteiger partial charge in [-0.1, -0.05) is 13.2 Å². The molecule has 0 fully saturated rings. The first kappa shape index (κ1) is 9.63. The van der Waals surface area contributed by atoms with Gasteiger partial charge in [-0.15, -0.1) is 0 Å². The lowest BCUT2D eigenvalue weighted by Gasteiger charge is -2.02. The molecule has 0 spiro atoms. The average molecular weight is 184 g/mol. The van der Waals surface area contributed by atoms with Crippen LogP contribution in [-0.4, -0.2) is 0 Å². The fourth-order valence-corrected chi connectivity index (χ4v) is 1.04. The standard InChI is InChI=1S/C10H8N4/c1-7-3-10(14-6-12)8(2)4-9(7)13-5-11/h3-4,13-14H,1-2H2. The van der Waals surface area contributed by atoms with Crippen molar-refractivity contribution in [1.29, 1.82) is 10.5 Å². The van der Waals surface area contributed by atoms with E-state index in [9.17, 15) is 0 Å². The monoisotopic (exact) mass is 184 g/mol. The lowest BCUT2D eigenvalue weighted by Crippen LogP contribution is -2.15. The van der Waals surface area contributed by atoms with E-state index in [2.05, 4.69) is 23.8 Å². The summed E-state index contributed by atoms with van der Waals surface area (Å²) in [6.07, 6.45) is 3.60. The Kier molecular flexibility index (Phi) is 2.73. The summed E-state index contributed by atoms with van der Waals surface area (Å²) in [5, 5.41) is 23.1. The first-order valence-electron chi connectivity index (χ1n) is 3.81. The summed E-state index contributed by atoms with van der Waals surface area (Å²) in [5.41, 5.74) is 1.20. The molecular formula is C10H8N4. The van der Waals surface area contributed by atoms with E-state index in [1.165, 1.54) is 0 Å². The third-order valence-corrected chi connectivity index (χ3v) is 1.71. The van der Waals surface area contributed by atoms with Crippen LogP contribution < -0.4 is 21.1 Å². The van der Waals surface area contributed by atoms with Crippen LogP contribution in [0.3, 0.4) is 0 Å². The Hall–Kier alpha value is -2.46. The maximum Gasteiger partial charge on any atom is 0.181 e. The molecule has 4 nitrogen and oxygen atoms in total. The lowest BCUT2D eigenvalue weighted by molar-refractivity contribution is 1.42. The molecule has 0 saturated carbocycles. The van der Waals surface area contributed by atoms with Gasteiger partial charge in [-0.05, 0) is 22.6 Å². The maximum absolute atomic E-state index is 8.43. The number of rotatable bonds is 2. The first-order chi connectivity index (χ1) is 6.69. The van der Waals surface area contributed by atoms with Crippen LogP contribution in [0.25, 0.3) is 13.2 Å². The topological polar surface area (TPSA) is 71.6 Å². The van der Waals surface area contributed by atoms with Crippen molar-refractivity contribution in [1.82, 2.24) is 0 Å². The molecular weight excluding hydrogens is 176 g/mol. The maximum atomic E-state index is 8.43. The van der Waals surface area contributed by atoms with Crippen molar-refractivity contribution >= 4 is 24.5 Å². The molecule has 0 bridgehead atoms. The molecule has 14 heavy (non-hydrogen) atoms. The van der Waals surface area contributed by atoms with Crippen molar-refractivity contribution < 1.29 is 0 Å². The molecule has 0 aliphatic heterocycles. The number of hydrogen-bond donors (Lipinski definition) is 2. The predicted octanol–water partition coefficient (Wildman–Crippen LogP) is 0.293. The van der Waals surface area contributed by atoms with E-state index in [0.717, 1.165) is 0 Å². The minimum atomic E-state index is 0.598. The lowest BCUT2D eigenvalue weighted by atomic mass is 10.2. The van der Waals surface area contributed by atoms with Gasteiger partial charge in [0.05, 0.1) is 11.4 Å². The number of nitrogens with one attached hydrogen (secondary N) is 2. The first-order valence-corrected chi connectivity index (χ1v) is 3.81. The Labute approximate surface area is 81.4 Å². The summed E-state index contributed by atoms with van der Waals surface area (Å²) in [7, 11) is 0. The van der Waals surface area contributed by atoms with Crippen molar-refractivity contribution in [2.45, 2.75) is 0 Å². The third kappa shape index (κ3) is 1.82. The number of anilines is 2. The molecule has 0 unspecified atom stereocenters. The Bertz CT molecular complexity index is 469. The summed E-state index contributed by atoms with van der Waals surface area (Å²) < 4.78 is 0. The van der Waals surface area contributed by atoms with Gasteiger partial charge in [0, 0.05) is 0 Å². The van der Waals surface area contributed by atoms with Gasteiger partial charge in [0.1, 0.15) is 0 Å². The van der Waals surface area contributed by atoms with Gasteiger partial charge in [0.2, 0.25) is 0 Å². The molecule has 0 aliphatic carbocycles. The summed E-state index contributed by atoms with van der Waals surface area (Å²) in [4.78, 5) is 0. The van der Waals surface area contributed by atoms with E-state index in [-0.39, 0.29) is 0 Å². The van der Waals surface area contributed by atoms with Crippen molar-refractivity contribution in [3.05, 3.63) is 22.6 Å². The van der Waals surface area contributed by atoms with Gasteiger partial charge >= 0.3 is 0 Å². The van der Waals surface area contributed by atoms with E-state index in [4.69, 9.17) is 10.5 Å². The van der Waals surface area contributed by atoms with E-state index >= 15 is 0 Å². The summed E-state index contributed by atoms with van der Waals surface area (Å²) in [5.74, 6) is 0. The van der Waals surface area contributed by atoms with Crippen LogP contribution in [0.1, 0.15) is 0 Å². The SMILES string of the molecule is C=c1cc(NC#N)c(=C)cc1NC#N. The van der Waals surface area contributed by atoms with Crippen LogP contribution in [-0.2, 0) is 0 Å². The molecule has 2 N–H and O–H groups in total. The summed E-state index contributed by atoms with van der Waals surface area (Å²) >= 11 is 0. The number of nitriles is 2. The summed E-state index contributed by atoms with van der Waals surface area (Å²) in [6.45, 7) is 7.46. The van der Waals surface area contributed by atoms with Gasteiger partial charge in [-0.2, -0.15) is 10.5 Å². The Morgan fingerprint density at radius 3 is 1.57 bits per heavy atom. The van der Waals surface area contributed by atoms with Crippen LogP contribution in [0, 0.1) is 22.9 Å². The quantitative estimate of drug-likeness (QED) is 0.512. The molecule has 1 aromatic carbocycles. The molecule has 0 heterocycles. The summed E-state index contributed by atoms with van der Waals surface area (Å²) in [6, 6.07) is 3.32. The van der Waals surface area contributed by atoms with Crippen molar-refractivity contribution in [3.8, 4) is 12.4 Å².